The van der Waals surface area contributed by atoms with Crippen LogP contribution in [-0.2, 0) is 27.9 Å². The predicted octanol–water partition coefficient (Wildman–Crippen LogP) is 6.97. The molecule has 0 atom stereocenters. The van der Waals surface area contributed by atoms with Gasteiger partial charge in [-0.05, 0) is 73.2 Å². The Morgan fingerprint density at radius 2 is 1.70 bits per heavy atom. The van der Waals surface area contributed by atoms with Crippen molar-refractivity contribution in [3.63, 3.8) is 0 Å². The van der Waals surface area contributed by atoms with E-state index in [0.717, 1.165) is 5.56 Å². The molecule has 11 heteroatoms. The van der Waals surface area contributed by atoms with Crippen molar-refractivity contribution >= 4 is 50.9 Å². The number of aryl methyl sites for hydroxylation is 1. The third-order valence-corrected chi connectivity index (χ3v) is 8.32. The maximum atomic E-state index is 13.6. The Morgan fingerprint density at radius 3 is 2.35 bits per heavy atom. The Hall–Kier alpha value is -3.94. The molecule has 204 valence electrons. The third kappa shape index (κ3) is 7.17. The predicted molar refractivity (Wildman–Crippen MR) is 151 cm³/mol. The summed E-state index contributed by atoms with van der Waals surface area (Å²) in [6.07, 6.45) is 1.24. The number of benzene rings is 3. The highest BCUT2D eigenvalue weighted by atomic mass is 35.5. The minimum absolute atomic E-state index is 0.0253. The van der Waals surface area contributed by atoms with Crippen LogP contribution in [0.15, 0.2) is 93.7 Å². The lowest BCUT2D eigenvalue weighted by molar-refractivity contribution is -0.112. The van der Waals surface area contributed by atoms with Gasteiger partial charge in [0.25, 0.3) is 5.91 Å². The SMILES string of the molecule is Cc1ccc(S(=O)(=O)N(Cc2ccc(Cl)c(Cl)c2)Cc2ccc(C=C(C#N)C(=O)Nc3ccc(F)cc3)o2)cc1. The molecule has 1 N–H and O–H groups in total. The monoisotopic (exact) mass is 597 g/mol. The highest BCUT2D eigenvalue weighted by Crippen LogP contribution is 2.27. The van der Waals surface area contributed by atoms with Gasteiger partial charge in [-0.1, -0.05) is 47.0 Å². The molecule has 0 saturated carbocycles. The molecule has 0 spiro atoms. The number of nitrogens with one attached hydrogen (secondary N) is 1. The van der Waals surface area contributed by atoms with Gasteiger partial charge in [-0.15, -0.1) is 0 Å². The fourth-order valence-electron chi connectivity index (χ4n) is 3.68. The van der Waals surface area contributed by atoms with E-state index >= 15 is 0 Å². The van der Waals surface area contributed by atoms with Gasteiger partial charge in [-0.3, -0.25) is 4.79 Å². The first kappa shape index (κ1) is 29.1. The molecule has 4 rings (SSSR count). The average Bonchev–Trinajstić information content (AvgIpc) is 3.37. The Labute approximate surface area is 241 Å². The van der Waals surface area contributed by atoms with Crippen LogP contribution in [0, 0.1) is 24.1 Å². The van der Waals surface area contributed by atoms with Crippen LogP contribution in [0.5, 0.6) is 0 Å². The minimum Gasteiger partial charge on any atom is -0.460 e. The lowest BCUT2D eigenvalue weighted by Gasteiger charge is -2.22. The number of sulfonamides is 1. The van der Waals surface area contributed by atoms with Crippen LogP contribution in [0.3, 0.4) is 0 Å². The van der Waals surface area contributed by atoms with Crippen molar-refractivity contribution in [2.45, 2.75) is 24.9 Å². The molecule has 0 aliphatic heterocycles. The fraction of sp³-hybridized carbons (Fsp3) is 0.103. The number of rotatable bonds is 9. The minimum atomic E-state index is -3.97. The second-order valence-electron chi connectivity index (χ2n) is 8.77. The summed E-state index contributed by atoms with van der Waals surface area (Å²) in [6, 6.07) is 21.3. The Bertz CT molecular complexity index is 1710. The molecule has 0 bridgehead atoms. The van der Waals surface area contributed by atoms with Gasteiger partial charge in [0.1, 0.15) is 29.0 Å². The first-order valence-corrected chi connectivity index (χ1v) is 14.0. The molecule has 4 aromatic rings. The quantitative estimate of drug-likeness (QED) is 0.166. The van der Waals surface area contributed by atoms with E-state index in [2.05, 4.69) is 5.32 Å². The van der Waals surface area contributed by atoms with Gasteiger partial charge in [-0.2, -0.15) is 9.57 Å². The lowest BCUT2D eigenvalue weighted by Crippen LogP contribution is -2.30. The molecule has 0 aliphatic carbocycles. The number of furan rings is 1. The van der Waals surface area contributed by atoms with Gasteiger partial charge in [0.15, 0.2) is 0 Å². The first-order valence-electron chi connectivity index (χ1n) is 11.8. The number of nitriles is 1. The van der Waals surface area contributed by atoms with Gasteiger partial charge in [0.05, 0.1) is 21.5 Å². The van der Waals surface area contributed by atoms with Crippen molar-refractivity contribution in [3.05, 3.63) is 123 Å². The van der Waals surface area contributed by atoms with E-state index in [1.165, 1.54) is 52.8 Å². The topological polar surface area (TPSA) is 103 Å². The summed E-state index contributed by atoms with van der Waals surface area (Å²) < 4.78 is 47.4. The summed E-state index contributed by atoms with van der Waals surface area (Å²) >= 11 is 12.2. The summed E-state index contributed by atoms with van der Waals surface area (Å²) in [5.74, 6) is -0.730. The zero-order valence-corrected chi connectivity index (χ0v) is 23.4. The Balaban J connectivity index is 1.59. The number of carbonyl (C=O) groups is 1. The fourth-order valence-corrected chi connectivity index (χ4v) is 5.40. The molecule has 1 heterocycles. The number of anilines is 1. The van der Waals surface area contributed by atoms with Crippen molar-refractivity contribution in [1.29, 1.82) is 5.26 Å². The summed E-state index contributed by atoms with van der Waals surface area (Å²) in [4.78, 5) is 12.6. The number of hydrogen-bond donors (Lipinski definition) is 1. The first-order chi connectivity index (χ1) is 19.0. The van der Waals surface area contributed by atoms with Crippen molar-refractivity contribution in [2.75, 3.05) is 5.32 Å². The van der Waals surface area contributed by atoms with Crippen molar-refractivity contribution < 1.29 is 22.0 Å². The lowest BCUT2D eigenvalue weighted by atomic mass is 10.2. The maximum absolute atomic E-state index is 13.6. The summed E-state index contributed by atoms with van der Waals surface area (Å²) in [7, 11) is -3.97. The van der Waals surface area contributed by atoms with E-state index in [4.69, 9.17) is 27.6 Å². The summed E-state index contributed by atoms with van der Waals surface area (Å²) in [5, 5.41) is 12.7. The van der Waals surface area contributed by atoms with Gasteiger partial charge in [0.2, 0.25) is 10.0 Å². The number of halogens is 3. The average molecular weight is 598 g/mol. The van der Waals surface area contributed by atoms with Crippen molar-refractivity contribution in [3.8, 4) is 6.07 Å². The van der Waals surface area contributed by atoms with E-state index in [9.17, 15) is 22.9 Å². The maximum Gasteiger partial charge on any atom is 0.266 e. The van der Waals surface area contributed by atoms with E-state index < -0.39 is 21.7 Å². The number of hydrogen-bond acceptors (Lipinski definition) is 5. The molecular weight excluding hydrogens is 576 g/mol. The van der Waals surface area contributed by atoms with Crippen molar-refractivity contribution in [2.24, 2.45) is 0 Å². The third-order valence-electron chi connectivity index (χ3n) is 5.77. The second kappa shape index (κ2) is 12.5. The standard InChI is InChI=1S/C29H22Cl2FN3O4S/c1-19-2-11-26(12-3-19)40(37,38)35(17-20-4-13-27(30)28(31)14-20)18-25-10-9-24(39-25)15-21(16-33)29(36)34-23-7-5-22(32)6-8-23/h2-15H,17-18H2,1H3,(H,34,36). The highest BCUT2D eigenvalue weighted by molar-refractivity contribution is 7.89. The molecule has 7 nitrogen and oxygen atoms in total. The molecule has 1 aromatic heterocycles. The molecule has 1 amide bonds. The molecule has 0 unspecified atom stereocenters. The normalized spacial score (nSPS) is 11.8. The van der Waals surface area contributed by atoms with Crippen LogP contribution >= 0.6 is 23.2 Å². The van der Waals surface area contributed by atoms with Gasteiger partial charge >= 0.3 is 0 Å². The molecule has 3 aromatic carbocycles. The van der Waals surface area contributed by atoms with Crippen LogP contribution in [0.25, 0.3) is 6.08 Å². The number of carbonyl (C=O) groups excluding carboxylic acids is 1. The largest absolute Gasteiger partial charge is 0.460 e. The smallest absolute Gasteiger partial charge is 0.266 e. The number of nitrogens with zero attached hydrogens (tertiary/aromatic N) is 2. The molecule has 0 fully saturated rings. The van der Waals surface area contributed by atoms with Gasteiger partial charge < -0.3 is 9.73 Å². The van der Waals surface area contributed by atoms with E-state index in [0.29, 0.717) is 21.3 Å². The van der Waals surface area contributed by atoms with E-state index in [-0.39, 0.29) is 35.1 Å². The van der Waals surface area contributed by atoms with Crippen LogP contribution in [0.2, 0.25) is 10.0 Å². The molecule has 0 aliphatic rings. The summed E-state index contributed by atoms with van der Waals surface area (Å²) in [5.41, 5.74) is 1.58. The Kier molecular flexibility index (Phi) is 9.07. The van der Waals surface area contributed by atoms with Crippen LogP contribution in [0.4, 0.5) is 10.1 Å². The van der Waals surface area contributed by atoms with E-state index in [1.54, 1.807) is 36.4 Å². The van der Waals surface area contributed by atoms with Gasteiger partial charge in [0, 0.05) is 18.3 Å². The summed E-state index contributed by atoms with van der Waals surface area (Å²) in [6.45, 7) is 1.69. The second-order valence-corrected chi connectivity index (χ2v) is 11.5. The van der Waals surface area contributed by atoms with Crippen molar-refractivity contribution in [1.82, 2.24) is 4.31 Å². The highest BCUT2D eigenvalue weighted by Gasteiger charge is 2.26. The molecule has 0 radical (unpaired) electrons. The van der Waals surface area contributed by atoms with Gasteiger partial charge in [-0.25, -0.2) is 12.8 Å². The van der Waals surface area contributed by atoms with Crippen LogP contribution in [0.1, 0.15) is 22.6 Å². The van der Waals surface area contributed by atoms with Crippen LogP contribution in [-0.4, -0.2) is 18.6 Å². The Morgan fingerprint density at radius 1 is 1.00 bits per heavy atom. The molecule has 0 saturated heterocycles. The number of amides is 1. The molecular formula is C29H22Cl2FN3O4S. The van der Waals surface area contributed by atoms with Crippen LogP contribution < -0.4 is 5.32 Å². The zero-order chi connectivity index (χ0) is 28.9. The zero-order valence-electron chi connectivity index (χ0n) is 21.1. The molecule has 40 heavy (non-hydrogen) atoms. The van der Waals surface area contributed by atoms with E-state index in [1.807, 2.05) is 13.0 Å².